The van der Waals surface area contributed by atoms with Crippen LogP contribution in [0.1, 0.15) is 26.0 Å². The predicted molar refractivity (Wildman–Crippen MR) is 65.9 cm³/mol. The molecule has 98 valence electrons. The minimum Gasteiger partial charge on any atom is -0.481 e. The van der Waals surface area contributed by atoms with Crippen molar-refractivity contribution in [2.24, 2.45) is 0 Å². The molecular weight excluding hydrogens is 234 g/mol. The molecule has 0 aliphatic heterocycles. The molecule has 0 saturated heterocycles. The summed E-state index contributed by atoms with van der Waals surface area (Å²) in [7, 11) is 0. The molecule has 0 aromatic carbocycles. The zero-order valence-corrected chi connectivity index (χ0v) is 10.4. The predicted octanol–water partition coefficient (Wildman–Crippen LogP) is 1.13. The van der Waals surface area contributed by atoms with E-state index in [9.17, 15) is 9.59 Å². The van der Waals surface area contributed by atoms with Crippen LogP contribution in [0.2, 0.25) is 0 Å². The van der Waals surface area contributed by atoms with Crippen molar-refractivity contribution in [3.05, 3.63) is 30.1 Å². The molecule has 6 nitrogen and oxygen atoms in total. The summed E-state index contributed by atoms with van der Waals surface area (Å²) in [5, 5.41) is 13.9. The largest absolute Gasteiger partial charge is 0.481 e. The smallest absolute Gasteiger partial charge is 0.315 e. The zero-order chi connectivity index (χ0) is 13.6. The van der Waals surface area contributed by atoms with E-state index in [1.807, 2.05) is 6.07 Å². The maximum atomic E-state index is 11.6. The average molecular weight is 251 g/mol. The van der Waals surface area contributed by atoms with Crippen LogP contribution in [0.4, 0.5) is 4.79 Å². The summed E-state index contributed by atoms with van der Waals surface area (Å²) < 4.78 is 0. The van der Waals surface area contributed by atoms with E-state index in [0.717, 1.165) is 5.69 Å². The number of carbonyl (C=O) groups excluding carboxylic acids is 1. The summed E-state index contributed by atoms with van der Waals surface area (Å²) in [5.74, 6) is -0.954. The van der Waals surface area contributed by atoms with Gasteiger partial charge in [-0.05, 0) is 26.0 Å². The molecule has 1 heterocycles. The molecule has 1 aromatic heterocycles. The van der Waals surface area contributed by atoms with Gasteiger partial charge in [-0.25, -0.2) is 4.79 Å². The lowest BCUT2D eigenvalue weighted by Gasteiger charge is -2.24. The van der Waals surface area contributed by atoms with Crippen molar-refractivity contribution in [1.29, 1.82) is 0 Å². The van der Waals surface area contributed by atoms with Gasteiger partial charge in [-0.1, -0.05) is 6.07 Å². The average Bonchev–Trinajstić information content (AvgIpc) is 2.25. The minimum atomic E-state index is -0.954. The van der Waals surface area contributed by atoms with Crippen molar-refractivity contribution >= 4 is 12.0 Å². The number of carboxylic acids is 1. The lowest BCUT2D eigenvalue weighted by molar-refractivity contribution is -0.138. The number of pyridine rings is 1. The topological polar surface area (TPSA) is 91.3 Å². The van der Waals surface area contributed by atoms with Crippen LogP contribution in [0, 0.1) is 0 Å². The Kier molecular flexibility index (Phi) is 4.65. The highest BCUT2D eigenvalue weighted by Crippen LogP contribution is 2.07. The molecule has 0 aliphatic rings. The number of urea groups is 1. The van der Waals surface area contributed by atoms with Crippen LogP contribution in [0.5, 0.6) is 0 Å². The van der Waals surface area contributed by atoms with Gasteiger partial charge in [-0.3, -0.25) is 9.78 Å². The van der Waals surface area contributed by atoms with E-state index < -0.39 is 17.5 Å². The Morgan fingerprint density at radius 3 is 2.67 bits per heavy atom. The van der Waals surface area contributed by atoms with E-state index in [1.165, 1.54) is 0 Å². The van der Waals surface area contributed by atoms with Gasteiger partial charge in [0, 0.05) is 11.7 Å². The first-order valence-electron chi connectivity index (χ1n) is 5.57. The second kappa shape index (κ2) is 6.00. The highest BCUT2D eigenvalue weighted by atomic mass is 16.4. The monoisotopic (exact) mass is 251 g/mol. The fourth-order valence-corrected chi connectivity index (χ4v) is 1.45. The van der Waals surface area contributed by atoms with E-state index >= 15 is 0 Å². The summed E-state index contributed by atoms with van der Waals surface area (Å²) in [4.78, 5) is 26.2. The minimum absolute atomic E-state index is 0.135. The Morgan fingerprint density at radius 2 is 2.11 bits per heavy atom. The standard InChI is InChI=1S/C12H17N3O3/c1-12(2,7-10(16)17)15-11(18)14-8-9-5-3-4-6-13-9/h3-6H,7-8H2,1-2H3,(H,16,17)(H2,14,15,18). The second-order valence-electron chi connectivity index (χ2n) is 4.58. The maximum Gasteiger partial charge on any atom is 0.315 e. The van der Waals surface area contributed by atoms with Gasteiger partial charge in [0.25, 0.3) is 0 Å². The maximum absolute atomic E-state index is 11.6. The number of hydrogen-bond donors (Lipinski definition) is 3. The van der Waals surface area contributed by atoms with Gasteiger partial charge in [0.15, 0.2) is 0 Å². The van der Waals surface area contributed by atoms with Crippen LogP contribution in [0.15, 0.2) is 24.4 Å². The normalized spacial score (nSPS) is 10.8. The Bertz CT molecular complexity index is 418. The number of rotatable bonds is 5. The number of carboxylic acid groups (broad SMARTS) is 1. The Hall–Kier alpha value is -2.11. The molecule has 18 heavy (non-hydrogen) atoms. The quantitative estimate of drug-likeness (QED) is 0.731. The number of aliphatic carboxylic acids is 1. The summed E-state index contributed by atoms with van der Waals surface area (Å²) in [5.41, 5.74) is -0.0521. The molecular formula is C12H17N3O3. The van der Waals surface area contributed by atoms with Gasteiger partial charge in [0.05, 0.1) is 18.7 Å². The van der Waals surface area contributed by atoms with Crippen LogP contribution in [0.25, 0.3) is 0 Å². The number of carbonyl (C=O) groups is 2. The highest BCUT2D eigenvalue weighted by molar-refractivity contribution is 5.76. The van der Waals surface area contributed by atoms with Gasteiger partial charge in [-0.2, -0.15) is 0 Å². The Labute approximate surface area is 105 Å². The molecule has 0 saturated carbocycles. The molecule has 0 fully saturated rings. The number of hydrogen-bond acceptors (Lipinski definition) is 3. The first kappa shape index (κ1) is 14.0. The molecule has 0 radical (unpaired) electrons. The molecule has 0 aliphatic carbocycles. The summed E-state index contributed by atoms with van der Waals surface area (Å²) in [6, 6.07) is 5.00. The second-order valence-corrected chi connectivity index (χ2v) is 4.58. The molecule has 6 heteroatoms. The lowest BCUT2D eigenvalue weighted by Crippen LogP contribution is -2.49. The molecule has 0 atom stereocenters. The van der Waals surface area contributed by atoms with E-state index in [2.05, 4.69) is 15.6 Å². The van der Waals surface area contributed by atoms with Crippen LogP contribution in [-0.2, 0) is 11.3 Å². The molecule has 3 N–H and O–H groups in total. The third kappa shape index (κ3) is 5.29. The highest BCUT2D eigenvalue weighted by Gasteiger charge is 2.23. The zero-order valence-electron chi connectivity index (χ0n) is 10.4. The van der Waals surface area contributed by atoms with Gasteiger partial charge >= 0.3 is 12.0 Å². The third-order valence-electron chi connectivity index (χ3n) is 2.20. The Morgan fingerprint density at radius 1 is 1.39 bits per heavy atom. The number of amides is 2. The van der Waals surface area contributed by atoms with Gasteiger partial charge < -0.3 is 15.7 Å². The first-order chi connectivity index (χ1) is 8.39. The van der Waals surface area contributed by atoms with Crippen molar-refractivity contribution in [3.63, 3.8) is 0 Å². The molecule has 2 amide bonds. The molecule has 1 aromatic rings. The van der Waals surface area contributed by atoms with E-state index in [-0.39, 0.29) is 6.42 Å². The van der Waals surface area contributed by atoms with Crippen LogP contribution in [0.3, 0.4) is 0 Å². The van der Waals surface area contributed by atoms with Crippen LogP contribution >= 0.6 is 0 Å². The fourth-order valence-electron chi connectivity index (χ4n) is 1.45. The van der Waals surface area contributed by atoms with Crippen molar-refractivity contribution in [1.82, 2.24) is 15.6 Å². The SMILES string of the molecule is CC(C)(CC(=O)O)NC(=O)NCc1ccccn1. The molecule has 0 bridgehead atoms. The summed E-state index contributed by atoms with van der Waals surface area (Å²) >= 11 is 0. The van der Waals surface area contributed by atoms with E-state index in [1.54, 1.807) is 32.2 Å². The van der Waals surface area contributed by atoms with Crippen molar-refractivity contribution in [2.75, 3.05) is 0 Å². The molecule has 1 rings (SSSR count). The molecule has 0 unspecified atom stereocenters. The van der Waals surface area contributed by atoms with Crippen LogP contribution < -0.4 is 10.6 Å². The van der Waals surface area contributed by atoms with Crippen LogP contribution in [-0.4, -0.2) is 27.6 Å². The number of nitrogens with one attached hydrogen (secondary N) is 2. The third-order valence-corrected chi connectivity index (χ3v) is 2.20. The number of nitrogens with zero attached hydrogens (tertiary/aromatic N) is 1. The first-order valence-corrected chi connectivity index (χ1v) is 5.57. The van der Waals surface area contributed by atoms with Crippen molar-refractivity contribution in [3.8, 4) is 0 Å². The van der Waals surface area contributed by atoms with E-state index in [4.69, 9.17) is 5.11 Å². The van der Waals surface area contributed by atoms with Gasteiger partial charge in [0.1, 0.15) is 0 Å². The summed E-state index contributed by atoms with van der Waals surface area (Å²) in [6.45, 7) is 3.61. The fraction of sp³-hybridized carbons (Fsp3) is 0.417. The van der Waals surface area contributed by atoms with Crippen molar-refractivity contribution < 1.29 is 14.7 Å². The lowest BCUT2D eigenvalue weighted by atomic mass is 10.0. The molecule has 0 spiro atoms. The number of aromatic nitrogens is 1. The summed E-state index contributed by atoms with van der Waals surface area (Å²) in [6.07, 6.45) is 1.51. The van der Waals surface area contributed by atoms with Crippen molar-refractivity contribution in [2.45, 2.75) is 32.4 Å². The van der Waals surface area contributed by atoms with E-state index in [0.29, 0.717) is 6.54 Å². The van der Waals surface area contributed by atoms with Gasteiger partial charge in [-0.15, -0.1) is 0 Å². The van der Waals surface area contributed by atoms with Gasteiger partial charge in [0.2, 0.25) is 0 Å². The Balaban J connectivity index is 2.40.